The zero-order valence-electron chi connectivity index (χ0n) is 8.60. The van der Waals surface area contributed by atoms with Crippen LogP contribution in [0.5, 0.6) is 0 Å². The smallest absolute Gasteiger partial charge is 0.123 e. The molecule has 0 heterocycles. The van der Waals surface area contributed by atoms with Crippen molar-refractivity contribution in [3.05, 3.63) is 30.1 Å². The molecule has 74 valence electrons. The van der Waals surface area contributed by atoms with Crippen LogP contribution in [0, 0.1) is 5.82 Å². The first-order valence-corrected chi connectivity index (χ1v) is 4.74. The number of hydrogen-bond acceptors (Lipinski definition) is 1. The SMILES string of the molecule is CCC.CCNc1ccc(F)cc1. The van der Waals surface area contributed by atoms with Crippen molar-refractivity contribution in [1.29, 1.82) is 0 Å². The molecular weight excluding hydrogens is 165 g/mol. The molecule has 0 aliphatic rings. The van der Waals surface area contributed by atoms with E-state index in [2.05, 4.69) is 19.2 Å². The molecule has 1 aromatic carbocycles. The van der Waals surface area contributed by atoms with Gasteiger partial charge in [0, 0.05) is 12.2 Å². The van der Waals surface area contributed by atoms with Gasteiger partial charge in [0.15, 0.2) is 0 Å². The molecule has 0 unspecified atom stereocenters. The van der Waals surface area contributed by atoms with Gasteiger partial charge in [-0.25, -0.2) is 4.39 Å². The summed E-state index contributed by atoms with van der Waals surface area (Å²) in [5.74, 6) is -0.193. The highest BCUT2D eigenvalue weighted by atomic mass is 19.1. The summed E-state index contributed by atoms with van der Waals surface area (Å²) in [7, 11) is 0. The first-order chi connectivity index (χ1) is 6.24. The normalized spacial score (nSPS) is 8.62. The predicted octanol–water partition coefficient (Wildman–Crippen LogP) is 3.67. The number of halogens is 1. The van der Waals surface area contributed by atoms with Crippen LogP contribution < -0.4 is 5.32 Å². The molecule has 0 atom stereocenters. The zero-order valence-corrected chi connectivity index (χ0v) is 8.60. The summed E-state index contributed by atoms with van der Waals surface area (Å²) in [6.07, 6.45) is 1.25. The molecule has 13 heavy (non-hydrogen) atoms. The summed E-state index contributed by atoms with van der Waals surface area (Å²) in [4.78, 5) is 0. The largest absolute Gasteiger partial charge is 0.385 e. The van der Waals surface area contributed by atoms with Gasteiger partial charge in [-0.05, 0) is 31.2 Å². The molecule has 0 saturated heterocycles. The number of anilines is 1. The first kappa shape index (κ1) is 11.9. The van der Waals surface area contributed by atoms with Crippen molar-refractivity contribution in [2.45, 2.75) is 27.2 Å². The Labute approximate surface area is 80.0 Å². The minimum atomic E-state index is -0.193. The Bertz CT molecular complexity index is 206. The molecule has 0 bridgehead atoms. The third-order valence-corrected chi connectivity index (χ3v) is 1.23. The number of hydrogen-bond donors (Lipinski definition) is 1. The highest BCUT2D eigenvalue weighted by molar-refractivity contribution is 5.42. The first-order valence-electron chi connectivity index (χ1n) is 4.74. The number of benzene rings is 1. The molecule has 0 amide bonds. The van der Waals surface area contributed by atoms with Gasteiger partial charge in [0.05, 0.1) is 0 Å². The Morgan fingerprint density at radius 3 is 1.92 bits per heavy atom. The lowest BCUT2D eigenvalue weighted by atomic mass is 10.3. The van der Waals surface area contributed by atoms with Crippen LogP contribution in [-0.2, 0) is 0 Å². The van der Waals surface area contributed by atoms with E-state index in [1.54, 1.807) is 12.1 Å². The highest BCUT2D eigenvalue weighted by Crippen LogP contribution is 2.06. The third kappa shape index (κ3) is 6.14. The molecule has 1 N–H and O–H groups in total. The maximum absolute atomic E-state index is 12.3. The Hall–Kier alpha value is -1.05. The van der Waals surface area contributed by atoms with E-state index in [1.165, 1.54) is 18.6 Å². The molecular formula is C11H18FN. The van der Waals surface area contributed by atoms with Gasteiger partial charge in [-0.3, -0.25) is 0 Å². The van der Waals surface area contributed by atoms with E-state index in [4.69, 9.17) is 0 Å². The maximum Gasteiger partial charge on any atom is 0.123 e. The van der Waals surface area contributed by atoms with Crippen molar-refractivity contribution in [2.24, 2.45) is 0 Å². The van der Waals surface area contributed by atoms with Crippen molar-refractivity contribution >= 4 is 5.69 Å². The summed E-state index contributed by atoms with van der Waals surface area (Å²) in [6, 6.07) is 6.33. The highest BCUT2D eigenvalue weighted by Gasteiger charge is 1.88. The van der Waals surface area contributed by atoms with Crippen LogP contribution in [0.3, 0.4) is 0 Å². The lowest BCUT2D eigenvalue weighted by Crippen LogP contribution is -1.95. The van der Waals surface area contributed by atoms with Crippen molar-refractivity contribution < 1.29 is 4.39 Å². The molecule has 0 spiro atoms. The topological polar surface area (TPSA) is 12.0 Å². The van der Waals surface area contributed by atoms with Gasteiger partial charge in [-0.2, -0.15) is 0 Å². The Balaban J connectivity index is 0.000000424. The minimum absolute atomic E-state index is 0.193. The van der Waals surface area contributed by atoms with Gasteiger partial charge in [0.1, 0.15) is 5.82 Å². The fourth-order valence-corrected chi connectivity index (χ4v) is 0.772. The molecule has 1 aromatic rings. The van der Waals surface area contributed by atoms with Gasteiger partial charge in [-0.1, -0.05) is 20.3 Å². The van der Waals surface area contributed by atoms with E-state index >= 15 is 0 Å². The lowest BCUT2D eigenvalue weighted by Gasteiger charge is -2.00. The summed E-state index contributed by atoms with van der Waals surface area (Å²) < 4.78 is 12.3. The molecule has 0 aliphatic carbocycles. The van der Waals surface area contributed by atoms with Crippen molar-refractivity contribution in [3.63, 3.8) is 0 Å². The standard InChI is InChI=1S/C8H10FN.C3H8/c1-2-10-8-5-3-7(9)4-6-8;1-3-2/h3-6,10H,2H2,1H3;3H2,1-2H3. The monoisotopic (exact) mass is 183 g/mol. The fourth-order valence-electron chi connectivity index (χ4n) is 0.772. The number of rotatable bonds is 2. The van der Waals surface area contributed by atoms with Crippen LogP contribution in [0.4, 0.5) is 10.1 Å². The van der Waals surface area contributed by atoms with Crippen LogP contribution in [0.1, 0.15) is 27.2 Å². The second-order valence-electron chi connectivity index (χ2n) is 2.74. The molecule has 2 heteroatoms. The molecule has 0 saturated carbocycles. The predicted molar refractivity (Wildman–Crippen MR) is 56.5 cm³/mol. The second-order valence-corrected chi connectivity index (χ2v) is 2.74. The average Bonchev–Trinajstić information content (AvgIpc) is 2.11. The number of nitrogens with one attached hydrogen (secondary N) is 1. The summed E-state index contributed by atoms with van der Waals surface area (Å²) >= 11 is 0. The van der Waals surface area contributed by atoms with E-state index in [0.29, 0.717) is 0 Å². The van der Waals surface area contributed by atoms with Crippen LogP contribution in [0.2, 0.25) is 0 Å². The van der Waals surface area contributed by atoms with E-state index < -0.39 is 0 Å². The van der Waals surface area contributed by atoms with Crippen LogP contribution in [0.25, 0.3) is 0 Å². The van der Waals surface area contributed by atoms with Crippen molar-refractivity contribution in [2.75, 3.05) is 11.9 Å². The summed E-state index contributed by atoms with van der Waals surface area (Å²) in [6.45, 7) is 7.12. The quantitative estimate of drug-likeness (QED) is 0.737. The van der Waals surface area contributed by atoms with E-state index in [9.17, 15) is 4.39 Å². The fraction of sp³-hybridized carbons (Fsp3) is 0.455. The Morgan fingerprint density at radius 1 is 1.08 bits per heavy atom. The van der Waals surface area contributed by atoms with Gasteiger partial charge in [-0.15, -0.1) is 0 Å². The Kier molecular flexibility index (Phi) is 6.98. The molecule has 0 fully saturated rings. The van der Waals surface area contributed by atoms with Gasteiger partial charge < -0.3 is 5.32 Å². The van der Waals surface area contributed by atoms with Gasteiger partial charge in [0.25, 0.3) is 0 Å². The second kappa shape index (κ2) is 7.59. The van der Waals surface area contributed by atoms with Crippen LogP contribution >= 0.6 is 0 Å². The zero-order chi connectivity index (χ0) is 10.1. The molecule has 0 aromatic heterocycles. The van der Waals surface area contributed by atoms with Crippen molar-refractivity contribution in [1.82, 2.24) is 0 Å². The molecule has 1 nitrogen and oxygen atoms in total. The van der Waals surface area contributed by atoms with Gasteiger partial charge >= 0.3 is 0 Å². The minimum Gasteiger partial charge on any atom is -0.385 e. The third-order valence-electron chi connectivity index (χ3n) is 1.23. The van der Waals surface area contributed by atoms with E-state index in [1.807, 2.05) is 6.92 Å². The van der Waals surface area contributed by atoms with Gasteiger partial charge in [0.2, 0.25) is 0 Å². The molecule has 1 rings (SSSR count). The summed E-state index contributed by atoms with van der Waals surface area (Å²) in [5, 5.41) is 3.07. The van der Waals surface area contributed by atoms with Crippen LogP contribution in [-0.4, -0.2) is 6.54 Å². The molecule has 0 radical (unpaired) electrons. The maximum atomic E-state index is 12.3. The lowest BCUT2D eigenvalue weighted by molar-refractivity contribution is 0.628. The average molecular weight is 183 g/mol. The van der Waals surface area contributed by atoms with E-state index in [0.717, 1.165) is 12.2 Å². The van der Waals surface area contributed by atoms with E-state index in [-0.39, 0.29) is 5.82 Å². The van der Waals surface area contributed by atoms with Crippen LogP contribution in [0.15, 0.2) is 24.3 Å². The Morgan fingerprint density at radius 2 is 1.54 bits per heavy atom. The molecule has 0 aliphatic heterocycles. The van der Waals surface area contributed by atoms with Crippen molar-refractivity contribution in [3.8, 4) is 0 Å². The summed E-state index contributed by atoms with van der Waals surface area (Å²) in [5.41, 5.74) is 0.962.